The van der Waals surface area contributed by atoms with Crippen LogP contribution >= 0.6 is 0 Å². The molecule has 1 aromatic carbocycles. The number of rotatable bonds is 6. The molecule has 0 spiro atoms. The van der Waals surface area contributed by atoms with Crippen LogP contribution in [0.25, 0.3) is 0 Å². The fourth-order valence-corrected chi connectivity index (χ4v) is 4.17. The van der Waals surface area contributed by atoms with E-state index in [1.165, 1.54) is 24.8 Å². The fourth-order valence-electron chi connectivity index (χ4n) is 4.17. The molecular weight excluding hydrogens is 250 g/mol. The Labute approximate surface area is 121 Å². The lowest BCUT2D eigenvalue weighted by molar-refractivity contribution is 0.354. The van der Waals surface area contributed by atoms with Crippen molar-refractivity contribution in [2.24, 2.45) is 17.8 Å². The second-order valence-corrected chi connectivity index (χ2v) is 6.12. The molecule has 2 aliphatic carbocycles. The van der Waals surface area contributed by atoms with Gasteiger partial charge in [-0.3, -0.25) is 0 Å². The third-order valence-corrected chi connectivity index (χ3v) is 5.21. The van der Waals surface area contributed by atoms with Crippen LogP contribution in [0.2, 0.25) is 0 Å². The smallest absolute Gasteiger partial charge is 0.160 e. The summed E-state index contributed by atoms with van der Waals surface area (Å²) in [6, 6.07) is 6.88. The van der Waals surface area contributed by atoms with Gasteiger partial charge >= 0.3 is 0 Å². The number of fused-ring (bicyclic) bond motifs is 1. The van der Waals surface area contributed by atoms with Crippen LogP contribution in [0.1, 0.15) is 24.8 Å². The lowest BCUT2D eigenvalue weighted by Crippen LogP contribution is -2.31. The van der Waals surface area contributed by atoms with Gasteiger partial charge in [-0.15, -0.1) is 0 Å². The van der Waals surface area contributed by atoms with Crippen molar-refractivity contribution in [2.45, 2.75) is 31.7 Å². The van der Waals surface area contributed by atoms with E-state index in [4.69, 9.17) is 9.47 Å². The molecule has 2 saturated carbocycles. The van der Waals surface area contributed by atoms with Crippen molar-refractivity contribution in [3.05, 3.63) is 23.8 Å². The van der Waals surface area contributed by atoms with Gasteiger partial charge in [0.05, 0.1) is 14.2 Å². The van der Waals surface area contributed by atoms with Crippen LogP contribution in [0.5, 0.6) is 11.5 Å². The summed E-state index contributed by atoms with van der Waals surface area (Å²) < 4.78 is 10.7. The highest BCUT2D eigenvalue weighted by molar-refractivity contribution is 5.43. The Morgan fingerprint density at radius 1 is 1.15 bits per heavy atom. The molecular formula is C17H25NO2. The summed E-state index contributed by atoms with van der Waals surface area (Å²) in [6.45, 7) is 0. The summed E-state index contributed by atoms with van der Waals surface area (Å²) in [5.74, 6) is 4.51. The lowest BCUT2D eigenvalue weighted by Gasteiger charge is -2.19. The van der Waals surface area contributed by atoms with Crippen molar-refractivity contribution in [3.63, 3.8) is 0 Å². The maximum Gasteiger partial charge on any atom is 0.160 e. The molecule has 2 aliphatic rings. The van der Waals surface area contributed by atoms with Crippen LogP contribution in [-0.4, -0.2) is 27.3 Å². The number of benzene rings is 1. The van der Waals surface area contributed by atoms with E-state index in [-0.39, 0.29) is 0 Å². The topological polar surface area (TPSA) is 30.5 Å². The fraction of sp³-hybridized carbons (Fsp3) is 0.647. The van der Waals surface area contributed by atoms with Crippen molar-refractivity contribution in [2.75, 3.05) is 21.3 Å². The van der Waals surface area contributed by atoms with E-state index in [1.807, 2.05) is 6.07 Å². The number of hydrogen-bond acceptors (Lipinski definition) is 3. The van der Waals surface area contributed by atoms with Gasteiger partial charge in [0.2, 0.25) is 0 Å². The summed E-state index contributed by atoms with van der Waals surface area (Å²) in [5.41, 5.74) is 1.33. The second kappa shape index (κ2) is 5.65. The van der Waals surface area contributed by atoms with Crippen molar-refractivity contribution in [3.8, 4) is 11.5 Å². The first-order valence-corrected chi connectivity index (χ1v) is 7.66. The summed E-state index contributed by atoms with van der Waals surface area (Å²) in [4.78, 5) is 0. The van der Waals surface area contributed by atoms with Gasteiger partial charge in [-0.1, -0.05) is 12.5 Å². The normalized spacial score (nSPS) is 28.9. The van der Waals surface area contributed by atoms with Gasteiger partial charge in [0.15, 0.2) is 11.5 Å². The number of ether oxygens (including phenoxy) is 2. The monoisotopic (exact) mass is 275 g/mol. The number of methoxy groups -OCH3 is 2. The highest BCUT2D eigenvalue weighted by Crippen LogP contribution is 2.59. The summed E-state index contributed by atoms with van der Waals surface area (Å²) in [5, 5.41) is 3.54. The van der Waals surface area contributed by atoms with Gasteiger partial charge in [-0.25, -0.2) is 0 Å². The molecule has 1 aromatic rings. The van der Waals surface area contributed by atoms with Gasteiger partial charge < -0.3 is 14.8 Å². The van der Waals surface area contributed by atoms with E-state index >= 15 is 0 Å². The molecule has 3 unspecified atom stereocenters. The molecule has 0 heterocycles. The van der Waals surface area contributed by atoms with Crippen LogP contribution < -0.4 is 14.8 Å². The van der Waals surface area contributed by atoms with E-state index in [1.54, 1.807) is 14.2 Å². The predicted molar refractivity (Wildman–Crippen MR) is 80.4 cm³/mol. The Morgan fingerprint density at radius 2 is 1.85 bits per heavy atom. The lowest BCUT2D eigenvalue weighted by atomic mass is 9.97. The summed E-state index contributed by atoms with van der Waals surface area (Å²) in [6.07, 6.45) is 5.41. The molecule has 0 aromatic heterocycles. The molecule has 0 amide bonds. The quantitative estimate of drug-likeness (QED) is 0.866. The minimum atomic E-state index is 0.600. The predicted octanol–water partition coefficient (Wildman–Crippen LogP) is 2.88. The first kappa shape index (κ1) is 13.7. The average molecular weight is 275 g/mol. The number of hydrogen-bond donors (Lipinski definition) is 1. The van der Waals surface area contributed by atoms with E-state index < -0.39 is 0 Å². The largest absolute Gasteiger partial charge is 0.493 e. The zero-order chi connectivity index (χ0) is 14.1. The molecule has 3 nitrogen and oxygen atoms in total. The van der Waals surface area contributed by atoms with Crippen molar-refractivity contribution >= 4 is 0 Å². The van der Waals surface area contributed by atoms with Crippen LogP contribution in [0.3, 0.4) is 0 Å². The molecule has 0 radical (unpaired) electrons. The maximum atomic E-state index is 5.40. The Bertz CT molecular complexity index is 464. The van der Waals surface area contributed by atoms with Crippen LogP contribution in [0.15, 0.2) is 18.2 Å². The molecule has 3 heteroatoms. The molecule has 3 rings (SSSR count). The van der Waals surface area contributed by atoms with Crippen molar-refractivity contribution < 1.29 is 9.47 Å². The standard InChI is InChI=1S/C17H25NO2/c1-18-14(17-12-5-4-6-13(12)17)9-11-7-8-15(19-2)16(10-11)20-3/h7-8,10,12-14,17-18H,4-6,9H2,1-3H3. The molecule has 0 bridgehead atoms. The molecule has 0 aliphatic heterocycles. The van der Waals surface area contributed by atoms with Gasteiger partial charge in [-0.2, -0.15) is 0 Å². The van der Waals surface area contributed by atoms with E-state index in [0.717, 1.165) is 35.7 Å². The van der Waals surface area contributed by atoms with E-state index in [2.05, 4.69) is 24.5 Å². The summed E-state index contributed by atoms with van der Waals surface area (Å²) in [7, 11) is 5.47. The Morgan fingerprint density at radius 3 is 2.45 bits per heavy atom. The molecule has 3 atom stereocenters. The molecule has 2 fully saturated rings. The maximum absolute atomic E-state index is 5.40. The van der Waals surface area contributed by atoms with Crippen LogP contribution in [-0.2, 0) is 6.42 Å². The third kappa shape index (κ3) is 2.39. The van der Waals surface area contributed by atoms with Gasteiger partial charge in [0, 0.05) is 6.04 Å². The molecule has 1 N–H and O–H groups in total. The van der Waals surface area contributed by atoms with Crippen LogP contribution in [0.4, 0.5) is 0 Å². The Balaban J connectivity index is 1.70. The zero-order valence-corrected chi connectivity index (χ0v) is 12.7. The van der Waals surface area contributed by atoms with Crippen molar-refractivity contribution in [1.82, 2.24) is 5.32 Å². The second-order valence-electron chi connectivity index (χ2n) is 6.12. The Hall–Kier alpha value is -1.22. The first-order chi connectivity index (χ1) is 9.78. The van der Waals surface area contributed by atoms with Crippen LogP contribution in [0, 0.1) is 17.8 Å². The van der Waals surface area contributed by atoms with Gasteiger partial charge in [0.25, 0.3) is 0 Å². The summed E-state index contributed by atoms with van der Waals surface area (Å²) >= 11 is 0. The minimum Gasteiger partial charge on any atom is -0.493 e. The van der Waals surface area contributed by atoms with Gasteiger partial charge in [-0.05, 0) is 61.8 Å². The first-order valence-electron chi connectivity index (χ1n) is 7.66. The number of nitrogens with one attached hydrogen (secondary N) is 1. The van der Waals surface area contributed by atoms with Gasteiger partial charge in [0.1, 0.15) is 0 Å². The molecule has 110 valence electrons. The molecule has 0 saturated heterocycles. The molecule has 20 heavy (non-hydrogen) atoms. The SMILES string of the molecule is CNC(Cc1ccc(OC)c(OC)c1)C1C2CCCC21. The van der Waals surface area contributed by atoms with E-state index in [9.17, 15) is 0 Å². The van der Waals surface area contributed by atoms with Crippen molar-refractivity contribution in [1.29, 1.82) is 0 Å². The highest BCUT2D eigenvalue weighted by atomic mass is 16.5. The Kier molecular flexibility index (Phi) is 3.88. The van der Waals surface area contributed by atoms with E-state index in [0.29, 0.717) is 6.04 Å². The number of likely N-dealkylation sites (N-methyl/N-ethyl adjacent to an activating group) is 1. The average Bonchev–Trinajstić information content (AvgIpc) is 2.95. The minimum absolute atomic E-state index is 0.600. The third-order valence-electron chi connectivity index (χ3n) is 5.21. The zero-order valence-electron chi connectivity index (χ0n) is 12.7. The highest BCUT2D eigenvalue weighted by Gasteiger charge is 2.55.